The van der Waals surface area contributed by atoms with Crippen LogP contribution in [0.3, 0.4) is 0 Å². The number of benzene rings is 2. The summed E-state index contributed by atoms with van der Waals surface area (Å²) >= 11 is 0. The predicted molar refractivity (Wildman–Crippen MR) is 91.8 cm³/mol. The van der Waals surface area contributed by atoms with Crippen molar-refractivity contribution in [1.82, 2.24) is 5.32 Å². The lowest BCUT2D eigenvalue weighted by molar-refractivity contribution is -0.123. The highest BCUT2D eigenvalue weighted by Crippen LogP contribution is 2.25. The van der Waals surface area contributed by atoms with Crippen molar-refractivity contribution in [3.8, 4) is 5.75 Å². The molecular weight excluding hydrogens is 323 g/mol. The van der Waals surface area contributed by atoms with Gasteiger partial charge in [-0.05, 0) is 24.6 Å². The van der Waals surface area contributed by atoms with Crippen LogP contribution in [-0.2, 0) is 16.1 Å². The molecule has 0 bridgehead atoms. The van der Waals surface area contributed by atoms with E-state index in [0.29, 0.717) is 24.3 Å². The molecule has 0 unspecified atom stereocenters. The molecule has 0 radical (unpaired) electrons. The molecule has 1 aliphatic heterocycles. The molecule has 1 aliphatic rings. The molecule has 2 aromatic carbocycles. The van der Waals surface area contributed by atoms with Crippen LogP contribution >= 0.6 is 0 Å². The number of hydrogen-bond donors (Lipinski definition) is 1. The lowest BCUT2D eigenvalue weighted by Gasteiger charge is -2.16. The maximum absolute atomic E-state index is 13.5. The lowest BCUT2D eigenvalue weighted by atomic mass is 10.2. The molecule has 0 aliphatic carbocycles. The van der Waals surface area contributed by atoms with Gasteiger partial charge in [0.1, 0.15) is 11.6 Å². The minimum Gasteiger partial charge on any atom is -0.484 e. The van der Waals surface area contributed by atoms with Crippen LogP contribution in [0.1, 0.15) is 18.4 Å². The van der Waals surface area contributed by atoms with E-state index < -0.39 is 0 Å². The van der Waals surface area contributed by atoms with Gasteiger partial charge < -0.3 is 15.0 Å². The Kier molecular flexibility index (Phi) is 5.28. The third-order valence-corrected chi connectivity index (χ3v) is 4.01. The minimum atomic E-state index is -0.355. The summed E-state index contributed by atoms with van der Waals surface area (Å²) in [5.41, 5.74) is 1.19. The first-order chi connectivity index (χ1) is 12.1. The van der Waals surface area contributed by atoms with Gasteiger partial charge in [0.2, 0.25) is 5.91 Å². The smallest absolute Gasteiger partial charge is 0.258 e. The number of rotatable bonds is 6. The number of nitrogens with zero attached hydrogens (tertiary/aromatic N) is 1. The molecule has 0 atom stereocenters. The van der Waals surface area contributed by atoms with Crippen molar-refractivity contribution < 1.29 is 18.7 Å². The molecule has 25 heavy (non-hydrogen) atoms. The summed E-state index contributed by atoms with van der Waals surface area (Å²) in [5, 5.41) is 2.62. The zero-order valence-corrected chi connectivity index (χ0v) is 13.7. The summed E-state index contributed by atoms with van der Waals surface area (Å²) in [5.74, 6) is -0.0874. The Hall–Kier alpha value is -2.89. The second kappa shape index (κ2) is 7.79. The van der Waals surface area contributed by atoms with Crippen LogP contribution in [0.2, 0.25) is 0 Å². The fourth-order valence-electron chi connectivity index (χ4n) is 2.70. The van der Waals surface area contributed by atoms with E-state index in [0.717, 1.165) is 12.1 Å². The molecule has 0 aromatic heterocycles. The highest BCUT2D eigenvalue weighted by Gasteiger charge is 2.21. The molecule has 130 valence electrons. The van der Waals surface area contributed by atoms with E-state index in [9.17, 15) is 14.0 Å². The standard InChI is InChI=1S/C19H19FN2O3/c20-17-8-2-1-5-14(17)12-21-18(23)13-25-16-7-3-6-15(11-16)22-10-4-9-19(22)24/h1-3,5-8,11H,4,9-10,12-13H2,(H,21,23). The number of carbonyl (C=O) groups is 2. The summed E-state index contributed by atoms with van der Waals surface area (Å²) in [7, 11) is 0. The molecule has 2 amide bonds. The Morgan fingerprint density at radius 3 is 2.80 bits per heavy atom. The van der Waals surface area contributed by atoms with Crippen molar-refractivity contribution in [1.29, 1.82) is 0 Å². The number of carbonyl (C=O) groups excluding carboxylic acids is 2. The molecule has 1 fully saturated rings. The second-order valence-electron chi connectivity index (χ2n) is 5.80. The molecule has 0 spiro atoms. The molecule has 3 rings (SSSR count). The number of amides is 2. The van der Waals surface area contributed by atoms with Gasteiger partial charge in [0.25, 0.3) is 5.91 Å². The molecule has 6 heteroatoms. The molecular formula is C19H19FN2O3. The Labute approximate surface area is 145 Å². The number of halogens is 1. The predicted octanol–water partition coefficient (Wildman–Crippen LogP) is 2.65. The number of ether oxygens (including phenoxy) is 1. The summed E-state index contributed by atoms with van der Waals surface area (Å²) < 4.78 is 19.0. The van der Waals surface area contributed by atoms with Gasteiger partial charge in [-0.3, -0.25) is 9.59 Å². The minimum absolute atomic E-state index is 0.0970. The first-order valence-corrected chi connectivity index (χ1v) is 8.17. The fourth-order valence-corrected chi connectivity index (χ4v) is 2.70. The molecule has 0 saturated carbocycles. The highest BCUT2D eigenvalue weighted by atomic mass is 19.1. The number of hydrogen-bond acceptors (Lipinski definition) is 3. The van der Waals surface area contributed by atoms with Crippen LogP contribution < -0.4 is 15.0 Å². The van der Waals surface area contributed by atoms with E-state index >= 15 is 0 Å². The van der Waals surface area contributed by atoms with Crippen molar-refractivity contribution in [2.24, 2.45) is 0 Å². The second-order valence-corrected chi connectivity index (χ2v) is 5.80. The summed E-state index contributed by atoms with van der Waals surface area (Å²) in [4.78, 5) is 25.4. The van der Waals surface area contributed by atoms with Crippen LogP contribution in [0, 0.1) is 5.82 Å². The van der Waals surface area contributed by atoms with E-state index in [1.54, 1.807) is 41.3 Å². The van der Waals surface area contributed by atoms with Crippen molar-refractivity contribution in [2.75, 3.05) is 18.1 Å². The molecule has 1 saturated heterocycles. The maximum Gasteiger partial charge on any atom is 0.258 e. The van der Waals surface area contributed by atoms with Crippen molar-refractivity contribution in [3.63, 3.8) is 0 Å². The zero-order valence-electron chi connectivity index (χ0n) is 13.7. The van der Waals surface area contributed by atoms with Gasteiger partial charge in [0, 0.05) is 36.8 Å². The largest absolute Gasteiger partial charge is 0.484 e. The zero-order chi connectivity index (χ0) is 17.6. The first kappa shape index (κ1) is 17.0. The summed E-state index contributed by atoms with van der Waals surface area (Å²) in [6.45, 7) is 0.633. The normalized spacial score (nSPS) is 13.8. The van der Waals surface area contributed by atoms with Gasteiger partial charge in [-0.2, -0.15) is 0 Å². The van der Waals surface area contributed by atoms with Gasteiger partial charge in [-0.25, -0.2) is 4.39 Å². The van der Waals surface area contributed by atoms with E-state index in [2.05, 4.69) is 5.32 Å². The Balaban J connectivity index is 1.52. The van der Waals surface area contributed by atoms with Crippen molar-refractivity contribution >= 4 is 17.5 Å². The Morgan fingerprint density at radius 2 is 2.04 bits per heavy atom. The van der Waals surface area contributed by atoms with Gasteiger partial charge >= 0.3 is 0 Å². The van der Waals surface area contributed by atoms with E-state index in [1.165, 1.54) is 6.07 Å². The van der Waals surface area contributed by atoms with Crippen LogP contribution in [0.5, 0.6) is 5.75 Å². The first-order valence-electron chi connectivity index (χ1n) is 8.17. The average Bonchev–Trinajstić information content (AvgIpc) is 3.05. The molecule has 1 N–H and O–H groups in total. The number of anilines is 1. The maximum atomic E-state index is 13.5. The fraction of sp³-hybridized carbons (Fsp3) is 0.263. The number of nitrogens with one attached hydrogen (secondary N) is 1. The van der Waals surface area contributed by atoms with E-state index in [4.69, 9.17) is 4.74 Å². The summed E-state index contributed by atoms with van der Waals surface area (Å²) in [6.07, 6.45) is 1.41. The monoisotopic (exact) mass is 342 g/mol. The van der Waals surface area contributed by atoms with Crippen LogP contribution in [-0.4, -0.2) is 25.0 Å². The summed E-state index contributed by atoms with van der Waals surface area (Å²) in [6, 6.07) is 13.4. The SMILES string of the molecule is O=C(COc1cccc(N2CCCC2=O)c1)NCc1ccccc1F. The van der Waals surface area contributed by atoms with Gasteiger partial charge in [-0.15, -0.1) is 0 Å². The quantitative estimate of drug-likeness (QED) is 0.878. The third-order valence-electron chi connectivity index (χ3n) is 4.01. The Morgan fingerprint density at radius 1 is 1.20 bits per heavy atom. The van der Waals surface area contributed by atoms with Crippen LogP contribution in [0.15, 0.2) is 48.5 Å². The molecule has 2 aromatic rings. The Bertz CT molecular complexity index is 779. The van der Waals surface area contributed by atoms with Gasteiger partial charge in [0.05, 0.1) is 0 Å². The molecule has 5 nitrogen and oxygen atoms in total. The van der Waals surface area contributed by atoms with Crippen LogP contribution in [0.4, 0.5) is 10.1 Å². The van der Waals surface area contributed by atoms with E-state index in [1.807, 2.05) is 6.07 Å². The average molecular weight is 342 g/mol. The van der Waals surface area contributed by atoms with Crippen molar-refractivity contribution in [3.05, 3.63) is 59.9 Å². The third kappa shape index (κ3) is 4.35. The van der Waals surface area contributed by atoms with Crippen LogP contribution in [0.25, 0.3) is 0 Å². The molecule has 1 heterocycles. The van der Waals surface area contributed by atoms with Gasteiger partial charge in [0.15, 0.2) is 6.61 Å². The highest BCUT2D eigenvalue weighted by molar-refractivity contribution is 5.95. The van der Waals surface area contributed by atoms with E-state index in [-0.39, 0.29) is 30.8 Å². The topological polar surface area (TPSA) is 58.6 Å². The lowest BCUT2D eigenvalue weighted by Crippen LogP contribution is -2.28. The van der Waals surface area contributed by atoms with Crippen molar-refractivity contribution in [2.45, 2.75) is 19.4 Å². The van der Waals surface area contributed by atoms with Gasteiger partial charge in [-0.1, -0.05) is 24.3 Å².